The first-order valence-corrected chi connectivity index (χ1v) is 7.12. The van der Waals surface area contributed by atoms with Gasteiger partial charge in [0.1, 0.15) is 11.5 Å². The van der Waals surface area contributed by atoms with Gasteiger partial charge in [-0.2, -0.15) is 0 Å². The van der Waals surface area contributed by atoms with Gasteiger partial charge in [-0.3, -0.25) is 0 Å². The van der Waals surface area contributed by atoms with Gasteiger partial charge in [0.05, 0.1) is 0 Å². The second-order valence-corrected chi connectivity index (χ2v) is 5.42. The van der Waals surface area contributed by atoms with E-state index >= 15 is 0 Å². The number of ether oxygens (including phenoxy) is 1. The lowest BCUT2D eigenvalue weighted by Crippen LogP contribution is -2.05. The molecule has 0 spiro atoms. The van der Waals surface area contributed by atoms with Gasteiger partial charge in [-0.05, 0) is 48.7 Å². The molecule has 2 aromatic rings. The van der Waals surface area contributed by atoms with Crippen LogP contribution < -0.4 is 10.1 Å². The summed E-state index contributed by atoms with van der Waals surface area (Å²) < 4.78 is 6.11. The van der Waals surface area contributed by atoms with Crippen LogP contribution in [0.15, 0.2) is 42.5 Å². The quantitative estimate of drug-likeness (QED) is 0.854. The molecule has 0 atom stereocenters. The summed E-state index contributed by atoms with van der Waals surface area (Å²) in [6.45, 7) is 7.34. The molecule has 0 fully saturated rings. The summed E-state index contributed by atoms with van der Waals surface area (Å²) in [5, 5.41) is 3.16. The molecule has 0 radical (unpaired) electrons. The van der Waals surface area contributed by atoms with E-state index < -0.39 is 0 Å². The summed E-state index contributed by atoms with van der Waals surface area (Å²) in [7, 11) is 1.96. The second-order valence-electron chi connectivity index (χ2n) is 5.42. The highest BCUT2D eigenvalue weighted by Gasteiger charge is 2.09. The molecule has 2 aromatic carbocycles. The van der Waals surface area contributed by atoms with Crippen molar-refractivity contribution in [3.8, 4) is 11.5 Å². The van der Waals surface area contributed by atoms with E-state index in [9.17, 15) is 0 Å². The number of benzene rings is 2. The fraction of sp³-hybridized carbons (Fsp3) is 0.333. The SMILES string of the molecule is CNCc1ccc(Oc2ccccc2C(C)C)c(C)c1. The van der Waals surface area contributed by atoms with Crippen LogP contribution in [0.2, 0.25) is 0 Å². The van der Waals surface area contributed by atoms with Crippen molar-refractivity contribution in [3.05, 3.63) is 59.2 Å². The van der Waals surface area contributed by atoms with E-state index in [-0.39, 0.29) is 0 Å². The van der Waals surface area contributed by atoms with Gasteiger partial charge in [0.15, 0.2) is 0 Å². The molecule has 0 heterocycles. The molecule has 0 saturated carbocycles. The van der Waals surface area contributed by atoms with Gasteiger partial charge < -0.3 is 10.1 Å². The highest BCUT2D eigenvalue weighted by atomic mass is 16.5. The fourth-order valence-electron chi connectivity index (χ4n) is 2.31. The maximum atomic E-state index is 6.11. The van der Waals surface area contributed by atoms with Crippen LogP contribution in [0.4, 0.5) is 0 Å². The average molecular weight is 269 g/mol. The summed E-state index contributed by atoms with van der Waals surface area (Å²) in [5.74, 6) is 2.33. The molecular formula is C18H23NO. The van der Waals surface area contributed by atoms with E-state index in [1.54, 1.807) is 0 Å². The molecule has 0 amide bonds. The lowest BCUT2D eigenvalue weighted by molar-refractivity contribution is 0.469. The number of aryl methyl sites for hydroxylation is 1. The van der Waals surface area contributed by atoms with Crippen LogP contribution in [-0.4, -0.2) is 7.05 Å². The maximum Gasteiger partial charge on any atom is 0.130 e. The monoisotopic (exact) mass is 269 g/mol. The Morgan fingerprint density at radius 3 is 2.45 bits per heavy atom. The summed E-state index contributed by atoms with van der Waals surface area (Å²) in [6, 6.07) is 14.6. The fourth-order valence-corrected chi connectivity index (χ4v) is 2.31. The highest BCUT2D eigenvalue weighted by Crippen LogP contribution is 2.32. The summed E-state index contributed by atoms with van der Waals surface area (Å²) in [5.41, 5.74) is 3.68. The van der Waals surface area contributed by atoms with Crippen molar-refractivity contribution in [3.63, 3.8) is 0 Å². The van der Waals surface area contributed by atoms with E-state index in [0.29, 0.717) is 5.92 Å². The molecule has 0 aliphatic carbocycles. The van der Waals surface area contributed by atoms with Crippen LogP contribution in [0.25, 0.3) is 0 Å². The summed E-state index contributed by atoms with van der Waals surface area (Å²) >= 11 is 0. The third-order valence-corrected chi connectivity index (χ3v) is 3.38. The minimum absolute atomic E-state index is 0.454. The van der Waals surface area contributed by atoms with Crippen LogP contribution in [-0.2, 0) is 6.54 Å². The zero-order valence-corrected chi connectivity index (χ0v) is 12.7. The molecule has 1 N–H and O–H groups in total. The average Bonchev–Trinajstić information content (AvgIpc) is 2.42. The molecular weight excluding hydrogens is 246 g/mol. The standard InChI is InChI=1S/C18H23NO/c1-13(2)16-7-5-6-8-18(16)20-17-10-9-15(12-19-4)11-14(17)3/h5-11,13,19H,12H2,1-4H3. The smallest absolute Gasteiger partial charge is 0.130 e. The van der Waals surface area contributed by atoms with Crippen LogP contribution in [0.5, 0.6) is 11.5 Å². The van der Waals surface area contributed by atoms with Crippen LogP contribution >= 0.6 is 0 Å². The largest absolute Gasteiger partial charge is 0.457 e. The topological polar surface area (TPSA) is 21.3 Å². The van der Waals surface area contributed by atoms with Gasteiger partial charge >= 0.3 is 0 Å². The number of nitrogens with one attached hydrogen (secondary N) is 1. The van der Waals surface area contributed by atoms with Gasteiger partial charge in [-0.15, -0.1) is 0 Å². The zero-order chi connectivity index (χ0) is 14.5. The molecule has 2 nitrogen and oxygen atoms in total. The van der Waals surface area contributed by atoms with Crippen molar-refractivity contribution < 1.29 is 4.74 Å². The van der Waals surface area contributed by atoms with Crippen molar-refractivity contribution in [2.75, 3.05) is 7.05 Å². The first kappa shape index (κ1) is 14.6. The first-order chi connectivity index (χ1) is 9.61. The number of hydrogen-bond donors (Lipinski definition) is 1. The van der Waals surface area contributed by atoms with Gasteiger partial charge in [-0.1, -0.05) is 44.2 Å². The Bertz CT molecular complexity index is 575. The third-order valence-electron chi connectivity index (χ3n) is 3.38. The Morgan fingerprint density at radius 1 is 1.05 bits per heavy atom. The van der Waals surface area contributed by atoms with Crippen LogP contribution in [0.3, 0.4) is 0 Å². The van der Waals surface area contributed by atoms with Gasteiger partial charge in [0.2, 0.25) is 0 Å². The van der Waals surface area contributed by atoms with Crippen molar-refractivity contribution in [2.24, 2.45) is 0 Å². The lowest BCUT2D eigenvalue weighted by Gasteiger charge is -2.15. The summed E-state index contributed by atoms with van der Waals surface area (Å²) in [4.78, 5) is 0. The number of para-hydroxylation sites is 1. The molecule has 106 valence electrons. The molecule has 0 unspecified atom stereocenters. The Labute approximate surface area is 121 Å². The molecule has 2 rings (SSSR count). The van der Waals surface area contributed by atoms with E-state index in [0.717, 1.165) is 23.6 Å². The molecule has 0 saturated heterocycles. The Balaban J connectivity index is 2.26. The Kier molecular flexibility index (Phi) is 4.80. The van der Waals surface area contributed by atoms with Gasteiger partial charge in [0.25, 0.3) is 0 Å². The maximum absolute atomic E-state index is 6.11. The van der Waals surface area contributed by atoms with E-state index in [1.807, 2.05) is 19.2 Å². The van der Waals surface area contributed by atoms with Crippen molar-refractivity contribution in [2.45, 2.75) is 33.2 Å². The van der Waals surface area contributed by atoms with Crippen molar-refractivity contribution in [1.29, 1.82) is 0 Å². The normalized spacial score (nSPS) is 10.8. The molecule has 0 aliphatic rings. The molecule has 20 heavy (non-hydrogen) atoms. The van der Waals surface area contributed by atoms with Gasteiger partial charge in [-0.25, -0.2) is 0 Å². The predicted molar refractivity (Wildman–Crippen MR) is 84.5 cm³/mol. The van der Waals surface area contributed by atoms with Gasteiger partial charge in [0, 0.05) is 6.54 Å². The first-order valence-electron chi connectivity index (χ1n) is 7.12. The Morgan fingerprint density at radius 2 is 1.80 bits per heavy atom. The molecule has 0 aliphatic heterocycles. The molecule has 0 aromatic heterocycles. The zero-order valence-electron chi connectivity index (χ0n) is 12.7. The summed E-state index contributed by atoms with van der Waals surface area (Å²) in [6.07, 6.45) is 0. The van der Waals surface area contributed by atoms with E-state index in [4.69, 9.17) is 4.74 Å². The molecule has 2 heteroatoms. The second kappa shape index (κ2) is 6.58. The van der Waals surface area contributed by atoms with E-state index in [1.165, 1.54) is 11.1 Å². The van der Waals surface area contributed by atoms with E-state index in [2.05, 4.69) is 56.4 Å². The van der Waals surface area contributed by atoms with Crippen LogP contribution in [0, 0.1) is 6.92 Å². The molecule has 0 bridgehead atoms. The number of rotatable bonds is 5. The van der Waals surface area contributed by atoms with Crippen molar-refractivity contribution >= 4 is 0 Å². The van der Waals surface area contributed by atoms with Crippen molar-refractivity contribution in [1.82, 2.24) is 5.32 Å². The Hall–Kier alpha value is -1.80. The van der Waals surface area contributed by atoms with Crippen LogP contribution in [0.1, 0.15) is 36.5 Å². The highest BCUT2D eigenvalue weighted by molar-refractivity contribution is 5.43. The number of hydrogen-bond acceptors (Lipinski definition) is 2. The minimum Gasteiger partial charge on any atom is -0.457 e. The minimum atomic E-state index is 0.454. The third kappa shape index (κ3) is 3.40. The predicted octanol–water partition coefficient (Wildman–Crippen LogP) is 4.63. The lowest BCUT2D eigenvalue weighted by atomic mass is 10.0.